The van der Waals surface area contributed by atoms with Crippen molar-refractivity contribution >= 4 is 5.97 Å². The van der Waals surface area contributed by atoms with Gasteiger partial charge in [0, 0.05) is 0 Å². The summed E-state index contributed by atoms with van der Waals surface area (Å²) in [5, 5.41) is 17.4. The summed E-state index contributed by atoms with van der Waals surface area (Å²) < 4.78 is 0. The molecular weight excluding hydrogens is 184 g/mol. The van der Waals surface area contributed by atoms with Crippen LogP contribution in [0, 0.1) is 11.3 Å². The molecule has 0 aromatic rings. The second-order valence-electron chi connectivity index (χ2n) is 4.73. The number of carbonyl (C=O) groups excluding carboxylic acids is 1. The molecule has 0 aromatic carbocycles. The summed E-state index contributed by atoms with van der Waals surface area (Å²) in [4.78, 5) is 14.6. The fourth-order valence-electron chi connectivity index (χ4n) is 1.89. The molecule has 0 amide bonds. The third kappa shape index (κ3) is 5.19. The lowest BCUT2D eigenvalue weighted by atomic mass is 9.79. The fourth-order valence-corrected chi connectivity index (χ4v) is 1.89. The van der Waals surface area contributed by atoms with Crippen molar-refractivity contribution in [3.63, 3.8) is 0 Å². The molecule has 0 spiro atoms. The Balaban J connectivity index is 4.14. The van der Waals surface area contributed by atoms with Crippen molar-refractivity contribution in [2.45, 2.75) is 46.6 Å². The molecule has 0 rings (SSSR count). The van der Waals surface area contributed by atoms with Gasteiger partial charge in [-0.1, -0.05) is 20.8 Å². The summed E-state index contributed by atoms with van der Waals surface area (Å²) in [6.07, 6.45) is 0.815. The third-order valence-electron chi connectivity index (χ3n) is 2.20. The van der Waals surface area contributed by atoms with Crippen LogP contribution < -0.4 is 0 Å². The molecule has 0 saturated carbocycles. The SMILES string of the molecule is CC(O)CC(C)(C)CC(C)C(=O)OO. The van der Waals surface area contributed by atoms with E-state index in [1.807, 2.05) is 13.8 Å². The summed E-state index contributed by atoms with van der Waals surface area (Å²) in [7, 11) is 0. The van der Waals surface area contributed by atoms with Crippen molar-refractivity contribution in [1.29, 1.82) is 0 Å². The van der Waals surface area contributed by atoms with Crippen molar-refractivity contribution in [2.24, 2.45) is 11.3 Å². The van der Waals surface area contributed by atoms with E-state index in [9.17, 15) is 9.90 Å². The molecule has 2 unspecified atom stereocenters. The van der Waals surface area contributed by atoms with E-state index in [1.165, 1.54) is 0 Å². The summed E-state index contributed by atoms with van der Waals surface area (Å²) in [6.45, 7) is 7.36. The predicted molar refractivity (Wildman–Crippen MR) is 52.6 cm³/mol. The van der Waals surface area contributed by atoms with Gasteiger partial charge in [-0.05, 0) is 25.2 Å². The molecule has 0 aliphatic rings. The van der Waals surface area contributed by atoms with Gasteiger partial charge >= 0.3 is 5.97 Å². The molecule has 2 atom stereocenters. The Morgan fingerprint density at radius 1 is 1.36 bits per heavy atom. The molecule has 0 fully saturated rings. The number of hydrogen-bond donors (Lipinski definition) is 2. The normalized spacial score (nSPS) is 16.1. The van der Waals surface area contributed by atoms with Gasteiger partial charge in [-0.15, -0.1) is 0 Å². The van der Waals surface area contributed by atoms with Crippen LogP contribution in [0.1, 0.15) is 40.5 Å². The van der Waals surface area contributed by atoms with Crippen molar-refractivity contribution in [3.05, 3.63) is 0 Å². The van der Waals surface area contributed by atoms with Crippen LogP contribution in [0.3, 0.4) is 0 Å². The summed E-state index contributed by atoms with van der Waals surface area (Å²) in [5.41, 5.74) is -0.137. The van der Waals surface area contributed by atoms with Crippen LogP contribution in [-0.4, -0.2) is 22.4 Å². The van der Waals surface area contributed by atoms with Crippen molar-refractivity contribution in [1.82, 2.24) is 0 Å². The van der Waals surface area contributed by atoms with E-state index < -0.39 is 5.97 Å². The second kappa shape index (κ2) is 5.32. The number of rotatable bonds is 5. The maximum atomic E-state index is 10.9. The van der Waals surface area contributed by atoms with Gasteiger partial charge in [0.15, 0.2) is 0 Å². The molecule has 2 N–H and O–H groups in total. The lowest BCUT2D eigenvalue weighted by Gasteiger charge is -2.27. The topological polar surface area (TPSA) is 66.8 Å². The van der Waals surface area contributed by atoms with E-state index in [1.54, 1.807) is 13.8 Å². The maximum Gasteiger partial charge on any atom is 0.344 e. The first-order chi connectivity index (χ1) is 6.28. The molecule has 14 heavy (non-hydrogen) atoms. The van der Waals surface area contributed by atoms with Crippen molar-refractivity contribution in [3.8, 4) is 0 Å². The highest BCUT2D eigenvalue weighted by atomic mass is 17.1. The van der Waals surface area contributed by atoms with Crippen LogP contribution >= 0.6 is 0 Å². The van der Waals surface area contributed by atoms with Crippen molar-refractivity contribution in [2.75, 3.05) is 0 Å². The van der Waals surface area contributed by atoms with Gasteiger partial charge in [-0.2, -0.15) is 5.26 Å². The minimum atomic E-state index is -0.622. The van der Waals surface area contributed by atoms with Gasteiger partial charge in [0.1, 0.15) is 0 Å². The minimum Gasteiger partial charge on any atom is -0.393 e. The molecule has 0 bridgehead atoms. The first-order valence-corrected chi connectivity index (χ1v) is 4.82. The van der Waals surface area contributed by atoms with Crippen LogP contribution in [0.5, 0.6) is 0 Å². The zero-order chi connectivity index (χ0) is 11.4. The largest absolute Gasteiger partial charge is 0.393 e. The highest BCUT2D eigenvalue weighted by Gasteiger charge is 2.27. The highest BCUT2D eigenvalue weighted by molar-refractivity contribution is 5.71. The van der Waals surface area contributed by atoms with E-state index in [-0.39, 0.29) is 17.4 Å². The number of aliphatic hydroxyl groups is 1. The van der Waals surface area contributed by atoms with Crippen LogP contribution in [-0.2, 0) is 9.68 Å². The maximum absolute atomic E-state index is 10.9. The lowest BCUT2D eigenvalue weighted by Crippen LogP contribution is -2.25. The molecule has 0 radical (unpaired) electrons. The molecule has 4 heteroatoms. The van der Waals surface area contributed by atoms with Crippen LogP contribution in [0.15, 0.2) is 0 Å². The molecule has 0 aliphatic carbocycles. The Labute approximate surface area is 84.8 Å². The van der Waals surface area contributed by atoms with Crippen LogP contribution in [0.2, 0.25) is 0 Å². The Bertz CT molecular complexity index is 187. The monoisotopic (exact) mass is 204 g/mol. The van der Waals surface area contributed by atoms with Gasteiger partial charge in [-0.3, -0.25) is 0 Å². The first kappa shape index (κ1) is 13.4. The summed E-state index contributed by atoms with van der Waals surface area (Å²) in [6, 6.07) is 0. The molecule has 0 aliphatic heterocycles. The molecule has 4 nitrogen and oxygen atoms in total. The molecule has 0 heterocycles. The summed E-state index contributed by atoms with van der Waals surface area (Å²) >= 11 is 0. The molecule has 0 saturated heterocycles. The van der Waals surface area contributed by atoms with Crippen molar-refractivity contribution < 1.29 is 20.0 Å². The quantitative estimate of drug-likeness (QED) is 0.529. The molecule has 0 aromatic heterocycles. The van der Waals surface area contributed by atoms with E-state index in [0.717, 1.165) is 0 Å². The van der Waals surface area contributed by atoms with E-state index in [4.69, 9.17) is 5.26 Å². The van der Waals surface area contributed by atoms with E-state index >= 15 is 0 Å². The zero-order valence-corrected chi connectivity index (χ0v) is 9.28. The first-order valence-electron chi connectivity index (χ1n) is 4.82. The van der Waals surface area contributed by atoms with Crippen LogP contribution in [0.4, 0.5) is 0 Å². The Kier molecular flexibility index (Phi) is 5.08. The van der Waals surface area contributed by atoms with E-state index in [2.05, 4.69) is 4.89 Å². The van der Waals surface area contributed by atoms with Crippen LogP contribution in [0.25, 0.3) is 0 Å². The highest BCUT2D eigenvalue weighted by Crippen LogP contribution is 2.30. The van der Waals surface area contributed by atoms with Gasteiger partial charge in [-0.25, -0.2) is 4.79 Å². The molecular formula is C10H20O4. The second-order valence-corrected chi connectivity index (χ2v) is 4.73. The lowest BCUT2D eigenvalue weighted by molar-refractivity contribution is -0.239. The number of hydrogen-bond acceptors (Lipinski definition) is 4. The number of aliphatic hydroxyl groups excluding tert-OH is 1. The Hall–Kier alpha value is -0.610. The zero-order valence-electron chi connectivity index (χ0n) is 9.28. The average molecular weight is 204 g/mol. The number of carbonyl (C=O) groups is 1. The third-order valence-corrected chi connectivity index (χ3v) is 2.20. The average Bonchev–Trinajstić information content (AvgIpc) is 1.99. The molecule has 84 valence electrons. The van der Waals surface area contributed by atoms with Gasteiger partial charge < -0.3 is 9.99 Å². The minimum absolute atomic E-state index is 0.137. The predicted octanol–water partition coefficient (Wildman–Crippen LogP) is 1.83. The standard InChI is InChI=1S/C10H20O4/c1-7(9(12)14-13)5-10(3,4)6-8(2)11/h7-8,11,13H,5-6H2,1-4H3. The van der Waals surface area contributed by atoms with Gasteiger partial charge in [0.05, 0.1) is 12.0 Å². The van der Waals surface area contributed by atoms with E-state index in [0.29, 0.717) is 12.8 Å². The van der Waals surface area contributed by atoms with Gasteiger partial charge in [0.2, 0.25) is 0 Å². The Morgan fingerprint density at radius 2 is 1.86 bits per heavy atom. The Morgan fingerprint density at radius 3 is 2.21 bits per heavy atom. The smallest absolute Gasteiger partial charge is 0.344 e. The fraction of sp³-hybridized carbons (Fsp3) is 0.900. The van der Waals surface area contributed by atoms with Gasteiger partial charge in [0.25, 0.3) is 0 Å². The summed E-state index contributed by atoms with van der Waals surface area (Å²) in [5.74, 6) is -0.975.